The van der Waals surface area contributed by atoms with Crippen LogP contribution in [0.15, 0.2) is 12.2 Å². The van der Waals surface area contributed by atoms with Crippen molar-refractivity contribution in [1.82, 2.24) is 0 Å². The third-order valence-corrected chi connectivity index (χ3v) is 6.36. The monoisotopic (exact) mass is 246 g/mol. The molecule has 0 radical (unpaired) electrons. The molecule has 0 bridgehead atoms. The zero-order valence-corrected chi connectivity index (χ0v) is 12.4. The summed E-state index contributed by atoms with van der Waals surface area (Å²) >= 11 is 0. The van der Waals surface area contributed by atoms with Gasteiger partial charge in [0, 0.05) is 0 Å². The molecule has 0 aromatic carbocycles. The fourth-order valence-electron chi connectivity index (χ4n) is 5.37. The summed E-state index contributed by atoms with van der Waals surface area (Å²) in [6, 6.07) is 0. The van der Waals surface area contributed by atoms with E-state index < -0.39 is 0 Å². The number of hydrogen-bond acceptors (Lipinski definition) is 0. The van der Waals surface area contributed by atoms with Gasteiger partial charge in [0.25, 0.3) is 0 Å². The van der Waals surface area contributed by atoms with Gasteiger partial charge in [0.05, 0.1) is 0 Å². The molecule has 2 fully saturated rings. The molecule has 1 spiro atoms. The molecule has 0 amide bonds. The summed E-state index contributed by atoms with van der Waals surface area (Å²) in [5.41, 5.74) is 1.30. The second kappa shape index (κ2) is 4.69. The Hall–Kier alpha value is -0.260. The van der Waals surface area contributed by atoms with E-state index in [1.807, 2.05) is 0 Å². The van der Waals surface area contributed by atoms with E-state index in [4.69, 9.17) is 0 Å². The van der Waals surface area contributed by atoms with E-state index >= 15 is 0 Å². The molecule has 0 aliphatic heterocycles. The van der Waals surface area contributed by atoms with Gasteiger partial charge in [-0.1, -0.05) is 45.3 Å². The van der Waals surface area contributed by atoms with Crippen LogP contribution in [0.5, 0.6) is 0 Å². The van der Waals surface area contributed by atoms with E-state index in [0.29, 0.717) is 5.41 Å². The molecule has 0 aromatic heterocycles. The molecule has 18 heavy (non-hydrogen) atoms. The van der Waals surface area contributed by atoms with E-state index in [1.54, 1.807) is 25.7 Å². The molecule has 0 nitrogen and oxygen atoms in total. The minimum Gasteiger partial charge on any atom is -0.0877 e. The van der Waals surface area contributed by atoms with E-state index in [0.717, 1.165) is 17.3 Å². The largest absolute Gasteiger partial charge is 0.0877 e. The lowest BCUT2D eigenvalue weighted by Gasteiger charge is -2.47. The van der Waals surface area contributed by atoms with Crippen LogP contribution < -0.4 is 0 Å². The quantitative estimate of drug-likeness (QED) is 0.518. The van der Waals surface area contributed by atoms with Gasteiger partial charge in [-0.15, -0.1) is 0 Å². The summed E-state index contributed by atoms with van der Waals surface area (Å²) in [5.74, 6) is 1.88. The zero-order valence-electron chi connectivity index (χ0n) is 12.4. The molecule has 0 unspecified atom stereocenters. The van der Waals surface area contributed by atoms with Crippen LogP contribution in [0.3, 0.4) is 0 Å². The third kappa shape index (κ3) is 2.28. The molecule has 102 valence electrons. The Bertz CT molecular complexity index is 321. The first-order valence-electron chi connectivity index (χ1n) is 8.30. The maximum Gasteiger partial charge on any atom is -0.0115 e. The van der Waals surface area contributed by atoms with E-state index in [-0.39, 0.29) is 0 Å². The minimum absolute atomic E-state index is 0.522. The standard InChI is InChI=1S/C18H30/c1-15-7-5-9-17(2,13-15)16-8-6-12-18(14-16)10-3-4-11-18/h5,9,15-16H,3-4,6-8,10-14H2,1-2H3/t15-,16+,17-/m0/s1. The topological polar surface area (TPSA) is 0 Å². The van der Waals surface area contributed by atoms with Crippen LogP contribution in [0.4, 0.5) is 0 Å². The molecular weight excluding hydrogens is 216 g/mol. The van der Waals surface area contributed by atoms with Gasteiger partial charge in [-0.25, -0.2) is 0 Å². The molecule has 2 saturated carbocycles. The van der Waals surface area contributed by atoms with Crippen molar-refractivity contribution in [2.24, 2.45) is 22.7 Å². The van der Waals surface area contributed by atoms with Gasteiger partial charge in [-0.05, 0) is 67.6 Å². The molecular formula is C18H30. The lowest BCUT2D eigenvalue weighted by molar-refractivity contribution is 0.0643. The highest BCUT2D eigenvalue weighted by atomic mass is 14.5. The van der Waals surface area contributed by atoms with Crippen molar-refractivity contribution in [3.8, 4) is 0 Å². The second-order valence-electron chi connectivity index (χ2n) is 7.95. The Kier molecular flexibility index (Phi) is 3.32. The minimum atomic E-state index is 0.522. The number of rotatable bonds is 1. The van der Waals surface area contributed by atoms with Crippen molar-refractivity contribution in [2.45, 2.75) is 78.1 Å². The lowest BCUT2D eigenvalue weighted by Crippen LogP contribution is -2.37. The lowest BCUT2D eigenvalue weighted by atomic mass is 9.58. The van der Waals surface area contributed by atoms with E-state index in [9.17, 15) is 0 Å². The molecule has 3 atom stereocenters. The smallest absolute Gasteiger partial charge is 0.0115 e. The molecule has 0 saturated heterocycles. The summed E-state index contributed by atoms with van der Waals surface area (Å²) < 4.78 is 0. The second-order valence-corrected chi connectivity index (χ2v) is 7.95. The molecule has 0 N–H and O–H groups in total. The molecule has 0 heteroatoms. The van der Waals surface area contributed by atoms with Crippen molar-refractivity contribution in [1.29, 1.82) is 0 Å². The number of hydrogen-bond donors (Lipinski definition) is 0. The SMILES string of the molecule is C[C@H]1CC=C[C@](C)([C@@H]2CCCC3(CCCC3)C2)C1. The van der Waals surface area contributed by atoms with Crippen LogP contribution in [0.1, 0.15) is 78.1 Å². The molecule has 3 aliphatic rings. The Morgan fingerprint density at radius 3 is 2.44 bits per heavy atom. The molecule has 3 rings (SSSR count). The van der Waals surface area contributed by atoms with Gasteiger partial charge >= 0.3 is 0 Å². The zero-order chi connectivity index (χ0) is 12.6. The average Bonchev–Trinajstić information content (AvgIpc) is 2.77. The summed E-state index contributed by atoms with van der Waals surface area (Å²) in [7, 11) is 0. The van der Waals surface area contributed by atoms with Gasteiger partial charge < -0.3 is 0 Å². The first kappa shape index (κ1) is 12.8. The van der Waals surface area contributed by atoms with Crippen LogP contribution in [0, 0.1) is 22.7 Å². The van der Waals surface area contributed by atoms with Crippen LogP contribution in [0.25, 0.3) is 0 Å². The van der Waals surface area contributed by atoms with E-state index in [2.05, 4.69) is 26.0 Å². The Balaban J connectivity index is 1.75. The molecule has 0 aromatic rings. The fraction of sp³-hybridized carbons (Fsp3) is 0.889. The first-order valence-corrected chi connectivity index (χ1v) is 8.30. The third-order valence-electron chi connectivity index (χ3n) is 6.36. The Labute approximate surface area is 113 Å². The van der Waals surface area contributed by atoms with Crippen molar-refractivity contribution in [3.05, 3.63) is 12.2 Å². The van der Waals surface area contributed by atoms with Crippen LogP contribution in [-0.2, 0) is 0 Å². The highest BCUT2D eigenvalue weighted by Crippen LogP contribution is 2.56. The average molecular weight is 246 g/mol. The van der Waals surface area contributed by atoms with E-state index in [1.165, 1.54) is 38.5 Å². The van der Waals surface area contributed by atoms with Crippen LogP contribution >= 0.6 is 0 Å². The highest BCUT2D eigenvalue weighted by molar-refractivity contribution is 5.08. The van der Waals surface area contributed by atoms with Gasteiger partial charge in [0.2, 0.25) is 0 Å². The van der Waals surface area contributed by atoms with Gasteiger partial charge in [-0.3, -0.25) is 0 Å². The maximum atomic E-state index is 2.59. The summed E-state index contributed by atoms with van der Waals surface area (Å²) in [6.07, 6.45) is 20.0. The van der Waals surface area contributed by atoms with Crippen LogP contribution in [0.2, 0.25) is 0 Å². The van der Waals surface area contributed by atoms with Gasteiger partial charge in [0.15, 0.2) is 0 Å². The summed E-state index contributed by atoms with van der Waals surface area (Å²) in [6.45, 7) is 4.99. The number of allylic oxidation sites excluding steroid dienone is 2. The molecule has 0 heterocycles. The molecule has 3 aliphatic carbocycles. The fourth-order valence-corrected chi connectivity index (χ4v) is 5.37. The van der Waals surface area contributed by atoms with Crippen molar-refractivity contribution < 1.29 is 0 Å². The highest BCUT2D eigenvalue weighted by Gasteiger charge is 2.44. The van der Waals surface area contributed by atoms with Crippen molar-refractivity contribution >= 4 is 0 Å². The van der Waals surface area contributed by atoms with Gasteiger partial charge in [0.1, 0.15) is 0 Å². The van der Waals surface area contributed by atoms with Gasteiger partial charge in [-0.2, -0.15) is 0 Å². The van der Waals surface area contributed by atoms with Crippen molar-refractivity contribution in [2.75, 3.05) is 0 Å². The predicted molar refractivity (Wildman–Crippen MR) is 78.5 cm³/mol. The first-order chi connectivity index (χ1) is 8.62. The summed E-state index contributed by atoms with van der Waals surface area (Å²) in [4.78, 5) is 0. The maximum absolute atomic E-state index is 2.59. The van der Waals surface area contributed by atoms with Crippen molar-refractivity contribution in [3.63, 3.8) is 0 Å². The predicted octanol–water partition coefficient (Wildman–Crippen LogP) is 5.73. The normalized spacial score (nSPS) is 43.4. The Morgan fingerprint density at radius 2 is 1.72 bits per heavy atom. The van der Waals surface area contributed by atoms with Crippen LogP contribution in [-0.4, -0.2) is 0 Å². The summed E-state index contributed by atoms with van der Waals surface area (Å²) in [5, 5.41) is 0. The Morgan fingerprint density at radius 1 is 1.00 bits per heavy atom.